The normalized spacial score (nSPS) is 19.0. The third-order valence-electron chi connectivity index (χ3n) is 2.50. The first-order valence-corrected chi connectivity index (χ1v) is 5.81. The summed E-state index contributed by atoms with van der Waals surface area (Å²) in [5.74, 6) is 0. The summed E-state index contributed by atoms with van der Waals surface area (Å²) in [7, 11) is 0. The largest absolute Gasteiger partial charge is 0.375 e. The number of hydrazone groups is 1. The molecule has 0 radical (unpaired) electrons. The standard InChI is InChI=1S/C10H19N3S/c11-10(14)13-12-9-7-5-3-1-2-4-6-8-9/h1-8H2,(H3,11,13,14). The van der Waals surface area contributed by atoms with Gasteiger partial charge in [-0.2, -0.15) is 5.10 Å². The molecule has 1 aliphatic rings. The zero-order valence-corrected chi connectivity index (χ0v) is 9.41. The summed E-state index contributed by atoms with van der Waals surface area (Å²) in [4.78, 5) is 0. The average molecular weight is 213 g/mol. The highest BCUT2D eigenvalue weighted by molar-refractivity contribution is 7.80. The molecule has 0 spiro atoms. The molecule has 0 unspecified atom stereocenters. The van der Waals surface area contributed by atoms with Gasteiger partial charge < -0.3 is 5.73 Å². The Labute approximate surface area is 91.1 Å². The minimum Gasteiger partial charge on any atom is -0.375 e. The fourth-order valence-corrected chi connectivity index (χ4v) is 1.78. The number of nitrogens with zero attached hydrogens (tertiary/aromatic N) is 1. The predicted octanol–water partition coefficient (Wildman–Crippen LogP) is 2.31. The van der Waals surface area contributed by atoms with Gasteiger partial charge in [-0.1, -0.05) is 25.7 Å². The molecule has 0 aromatic heterocycles. The van der Waals surface area contributed by atoms with Crippen molar-refractivity contribution in [1.29, 1.82) is 0 Å². The minimum absolute atomic E-state index is 0.261. The van der Waals surface area contributed by atoms with E-state index >= 15 is 0 Å². The van der Waals surface area contributed by atoms with Crippen molar-refractivity contribution in [2.24, 2.45) is 10.8 Å². The Bertz CT molecular complexity index is 201. The van der Waals surface area contributed by atoms with Crippen molar-refractivity contribution in [2.45, 2.75) is 51.4 Å². The summed E-state index contributed by atoms with van der Waals surface area (Å²) >= 11 is 4.71. The Morgan fingerprint density at radius 3 is 2.07 bits per heavy atom. The van der Waals surface area contributed by atoms with Gasteiger partial charge in [0.25, 0.3) is 0 Å². The summed E-state index contributed by atoms with van der Waals surface area (Å²) in [6.45, 7) is 0. The van der Waals surface area contributed by atoms with Crippen molar-refractivity contribution in [2.75, 3.05) is 0 Å². The average Bonchev–Trinajstić information content (AvgIpc) is 2.27. The van der Waals surface area contributed by atoms with Crippen LogP contribution in [0.3, 0.4) is 0 Å². The lowest BCUT2D eigenvalue weighted by Gasteiger charge is -2.04. The van der Waals surface area contributed by atoms with Gasteiger partial charge in [-0.25, -0.2) is 0 Å². The third-order valence-corrected chi connectivity index (χ3v) is 2.60. The van der Waals surface area contributed by atoms with Crippen LogP contribution in [-0.2, 0) is 0 Å². The number of hydrogen-bond donors (Lipinski definition) is 2. The molecule has 0 aromatic rings. The van der Waals surface area contributed by atoms with Crippen molar-refractivity contribution in [3.63, 3.8) is 0 Å². The van der Waals surface area contributed by atoms with Gasteiger partial charge in [0, 0.05) is 5.71 Å². The molecular weight excluding hydrogens is 194 g/mol. The summed E-state index contributed by atoms with van der Waals surface area (Å²) in [6, 6.07) is 0. The van der Waals surface area contributed by atoms with E-state index in [0.29, 0.717) is 0 Å². The SMILES string of the molecule is NC(=S)NN=C1CCCCCCCC1. The smallest absolute Gasteiger partial charge is 0.184 e. The van der Waals surface area contributed by atoms with E-state index < -0.39 is 0 Å². The first-order chi connectivity index (χ1) is 6.79. The monoisotopic (exact) mass is 213 g/mol. The second-order valence-electron chi connectivity index (χ2n) is 3.78. The summed E-state index contributed by atoms with van der Waals surface area (Å²) < 4.78 is 0. The topological polar surface area (TPSA) is 50.4 Å². The molecule has 0 amide bonds. The molecule has 0 heterocycles. The highest BCUT2D eigenvalue weighted by atomic mass is 32.1. The van der Waals surface area contributed by atoms with Gasteiger partial charge >= 0.3 is 0 Å². The van der Waals surface area contributed by atoms with Crippen LogP contribution >= 0.6 is 12.2 Å². The lowest BCUT2D eigenvalue weighted by molar-refractivity contribution is 0.624. The van der Waals surface area contributed by atoms with Crippen molar-refractivity contribution < 1.29 is 0 Å². The number of nitrogens with two attached hydrogens (primary N) is 1. The molecule has 1 fully saturated rings. The summed E-state index contributed by atoms with van der Waals surface area (Å²) in [5.41, 5.74) is 9.23. The van der Waals surface area contributed by atoms with E-state index in [1.807, 2.05) is 0 Å². The second-order valence-corrected chi connectivity index (χ2v) is 4.22. The fourth-order valence-electron chi connectivity index (χ4n) is 1.74. The van der Waals surface area contributed by atoms with Gasteiger partial charge in [-0.05, 0) is 37.9 Å². The Kier molecular flexibility index (Phi) is 5.52. The predicted molar refractivity (Wildman–Crippen MR) is 64.3 cm³/mol. The van der Waals surface area contributed by atoms with E-state index in [1.54, 1.807) is 0 Å². The first kappa shape index (κ1) is 11.4. The molecule has 1 rings (SSSR count). The van der Waals surface area contributed by atoms with E-state index in [2.05, 4.69) is 10.5 Å². The molecule has 0 aliphatic heterocycles. The van der Waals surface area contributed by atoms with Crippen molar-refractivity contribution >= 4 is 23.0 Å². The maximum absolute atomic E-state index is 5.32. The number of rotatable bonds is 1. The molecule has 14 heavy (non-hydrogen) atoms. The molecule has 4 heteroatoms. The number of nitrogens with one attached hydrogen (secondary N) is 1. The molecule has 1 saturated carbocycles. The summed E-state index contributed by atoms with van der Waals surface area (Å²) in [5, 5.41) is 4.49. The molecule has 0 saturated heterocycles. The van der Waals surface area contributed by atoms with E-state index in [0.717, 1.165) is 12.8 Å². The second kappa shape index (κ2) is 6.76. The molecular formula is C10H19N3S. The van der Waals surface area contributed by atoms with Gasteiger partial charge in [0.2, 0.25) is 0 Å². The highest BCUT2D eigenvalue weighted by Gasteiger charge is 2.03. The van der Waals surface area contributed by atoms with Crippen LogP contribution in [0.5, 0.6) is 0 Å². The molecule has 3 nitrogen and oxygen atoms in total. The van der Waals surface area contributed by atoms with Crippen LogP contribution in [0.15, 0.2) is 5.10 Å². The van der Waals surface area contributed by atoms with Gasteiger partial charge in [0.1, 0.15) is 0 Å². The molecule has 80 valence electrons. The quantitative estimate of drug-likeness (QED) is 0.519. The van der Waals surface area contributed by atoms with Crippen LogP contribution in [-0.4, -0.2) is 10.8 Å². The molecule has 0 aromatic carbocycles. The maximum Gasteiger partial charge on any atom is 0.184 e. The number of hydrogen-bond acceptors (Lipinski definition) is 2. The van der Waals surface area contributed by atoms with Crippen molar-refractivity contribution in [1.82, 2.24) is 5.43 Å². The number of thiocarbonyl (C=S) groups is 1. The van der Waals surface area contributed by atoms with E-state index in [1.165, 1.54) is 44.2 Å². The van der Waals surface area contributed by atoms with Gasteiger partial charge in [-0.3, -0.25) is 5.43 Å². The van der Waals surface area contributed by atoms with Crippen LogP contribution in [0, 0.1) is 0 Å². The molecule has 0 atom stereocenters. The minimum atomic E-state index is 0.261. The van der Waals surface area contributed by atoms with Gasteiger partial charge in [-0.15, -0.1) is 0 Å². The van der Waals surface area contributed by atoms with E-state index in [-0.39, 0.29) is 5.11 Å². The van der Waals surface area contributed by atoms with Crippen molar-refractivity contribution in [3.05, 3.63) is 0 Å². The van der Waals surface area contributed by atoms with Gasteiger partial charge in [0.15, 0.2) is 5.11 Å². The summed E-state index contributed by atoms with van der Waals surface area (Å²) in [6.07, 6.45) is 10.1. The third kappa shape index (κ3) is 5.17. The zero-order chi connectivity index (χ0) is 10.2. The van der Waals surface area contributed by atoms with Gasteiger partial charge in [0.05, 0.1) is 0 Å². The molecule has 0 bridgehead atoms. The van der Waals surface area contributed by atoms with Crippen LogP contribution in [0.2, 0.25) is 0 Å². The maximum atomic E-state index is 5.32. The Morgan fingerprint density at radius 1 is 1.07 bits per heavy atom. The van der Waals surface area contributed by atoms with Crippen LogP contribution in [0.4, 0.5) is 0 Å². The fraction of sp³-hybridized carbons (Fsp3) is 0.800. The molecule has 1 aliphatic carbocycles. The van der Waals surface area contributed by atoms with Crippen molar-refractivity contribution in [3.8, 4) is 0 Å². The van der Waals surface area contributed by atoms with E-state index in [4.69, 9.17) is 18.0 Å². The lowest BCUT2D eigenvalue weighted by Crippen LogP contribution is -2.25. The Morgan fingerprint density at radius 2 is 1.57 bits per heavy atom. The Hall–Kier alpha value is -0.640. The van der Waals surface area contributed by atoms with E-state index in [9.17, 15) is 0 Å². The van der Waals surface area contributed by atoms with Crippen LogP contribution in [0.25, 0.3) is 0 Å². The Balaban J connectivity index is 2.38. The van der Waals surface area contributed by atoms with Crippen LogP contribution < -0.4 is 11.2 Å². The zero-order valence-electron chi connectivity index (χ0n) is 8.59. The first-order valence-electron chi connectivity index (χ1n) is 5.40. The highest BCUT2D eigenvalue weighted by Crippen LogP contribution is 2.14. The lowest BCUT2D eigenvalue weighted by atomic mass is 10.1. The van der Waals surface area contributed by atoms with Crippen LogP contribution in [0.1, 0.15) is 51.4 Å². The molecule has 3 N–H and O–H groups in total.